The predicted molar refractivity (Wildman–Crippen MR) is 144 cm³/mol. The first kappa shape index (κ1) is 24.6. The molecule has 1 heterocycles. The largest absolute Gasteiger partial charge is 0.478 e. The van der Waals surface area contributed by atoms with Crippen molar-refractivity contribution >= 4 is 52.6 Å². The van der Waals surface area contributed by atoms with Crippen LogP contribution in [-0.4, -0.2) is 26.2 Å². The number of amides is 2. The molecule has 8 nitrogen and oxygen atoms in total. The van der Waals surface area contributed by atoms with Crippen LogP contribution in [-0.2, 0) is 11.3 Å². The number of carbonyl (C=O) groups excluding carboxylic acids is 1. The first-order valence-electron chi connectivity index (χ1n) is 11.3. The molecule has 0 bridgehead atoms. The van der Waals surface area contributed by atoms with Crippen LogP contribution in [0.2, 0.25) is 0 Å². The summed E-state index contributed by atoms with van der Waals surface area (Å²) in [5.74, 6) is -1.04. The number of nitrogens with one attached hydrogen (secondary N) is 2. The van der Waals surface area contributed by atoms with E-state index in [-0.39, 0.29) is 5.56 Å². The number of nitrogens with zero attached hydrogens (tertiary/aromatic N) is 2. The van der Waals surface area contributed by atoms with Gasteiger partial charge in [0.05, 0.1) is 16.6 Å². The molecule has 0 unspecified atom stereocenters. The molecule has 2 amide bonds. The first-order chi connectivity index (χ1) is 17.4. The normalized spacial score (nSPS) is 11.0. The number of urea groups is 1. The molecule has 0 atom stereocenters. The van der Waals surface area contributed by atoms with E-state index in [4.69, 9.17) is 17.3 Å². The van der Waals surface area contributed by atoms with Gasteiger partial charge in [0.1, 0.15) is 0 Å². The number of hydrogen-bond acceptors (Lipinski definition) is 4. The van der Waals surface area contributed by atoms with Crippen molar-refractivity contribution in [3.05, 3.63) is 99.6 Å². The van der Waals surface area contributed by atoms with E-state index < -0.39 is 12.0 Å². The zero-order chi connectivity index (χ0) is 25.7. The van der Waals surface area contributed by atoms with Crippen LogP contribution in [0.15, 0.2) is 83.7 Å². The molecular weight excluding hydrogens is 476 g/mol. The van der Waals surface area contributed by atoms with Gasteiger partial charge in [-0.25, -0.2) is 9.59 Å². The lowest BCUT2D eigenvalue weighted by Crippen LogP contribution is -2.25. The van der Waals surface area contributed by atoms with E-state index >= 15 is 0 Å². The van der Waals surface area contributed by atoms with Crippen LogP contribution in [0.5, 0.6) is 0 Å². The van der Waals surface area contributed by atoms with E-state index in [2.05, 4.69) is 10.6 Å². The maximum absolute atomic E-state index is 13.6. The number of anilines is 2. The summed E-state index contributed by atoms with van der Waals surface area (Å²) >= 11 is 5.70. The molecule has 0 aliphatic rings. The number of fused-ring (bicyclic) bond motifs is 1. The van der Waals surface area contributed by atoms with E-state index in [1.807, 2.05) is 29.7 Å². The van der Waals surface area contributed by atoms with E-state index in [1.165, 1.54) is 10.6 Å². The Morgan fingerprint density at radius 1 is 0.972 bits per heavy atom. The summed E-state index contributed by atoms with van der Waals surface area (Å²) in [6.45, 7) is 2.63. The Morgan fingerprint density at radius 3 is 2.33 bits per heavy atom. The van der Waals surface area contributed by atoms with Crippen LogP contribution >= 0.6 is 12.2 Å². The highest BCUT2D eigenvalue weighted by Gasteiger charge is 2.14. The average Bonchev–Trinajstić information content (AvgIpc) is 2.87. The molecule has 0 radical (unpaired) electrons. The Kier molecular flexibility index (Phi) is 7.41. The fraction of sp³-hybridized carbons (Fsp3) is 0.111. The van der Waals surface area contributed by atoms with Gasteiger partial charge in [-0.15, -0.1) is 0 Å². The Balaban J connectivity index is 1.75. The zero-order valence-corrected chi connectivity index (χ0v) is 20.3. The predicted octanol–water partition coefficient (Wildman–Crippen LogP) is 5.67. The summed E-state index contributed by atoms with van der Waals surface area (Å²) in [7, 11) is 0. The highest BCUT2D eigenvalue weighted by atomic mass is 32.1. The number of benzene rings is 3. The topological polar surface area (TPSA) is 105 Å². The number of carboxylic acids is 1. The van der Waals surface area contributed by atoms with Gasteiger partial charge in [-0.05, 0) is 72.7 Å². The maximum Gasteiger partial charge on any atom is 0.328 e. The van der Waals surface area contributed by atoms with Gasteiger partial charge in [0.15, 0.2) is 4.77 Å². The third kappa shape index (κ3) is 5.42. The fourth-order valence-electron chi connectivity index (χ4n) is 3.84. The third-order valence-electron chi connectivity index (χ3n) is 5.45. The number of aliphatic carboxylic acids is 1. The quantitative estimate of drug-likeness (QED) is 0.224. The lowest BCUT2D eigenvalue weighted by atomic mass is 10.1. The van der Waals surface area contributed by atoms with Crippen molar-refractivity contribution in [1.29, 1.82) is 0 Å². The van der Waals surface area contributed by atoms with Crippen LogP contribution < -0.4 is 16.2 Å². The Labute approximate surface area is 212 Å². The van der Waals surface area contributed by atoms with Crippen LogP contribution in [0, 0.1) is 4.77 Å². The van der Waals surface area contributed by atoms with Gasteiger partial charge in [-0.1, -0.05) is 37.3 Å². The Bertz CT molecular complexity index is 1570. The summed E-state index contributed by atoms with van der Waals surface area (Å²) in [5.41, 5.74) is 2.72. The first-order valence-corrected chi connectivity index (χ1v) is 11.7. The molecule has 0 fully saturated rings. The number of hydrogen-bond donors (Lipinski definition) is 3. The number of carboxylic acid groups (broad SMARTS) is 1. The zero-order valence-electron chi connectivity index (χ0n) is 19.5. The van der Waals surface area contributed by atoms with E-state index in [0.29, 0.717) is 44.8 Å². The summed E-state index contributed by atoms with van der Waals surface area (Å²) < 4.78 is 3.70. The van der Waals surface area contributed by atoms with Crippen molar-refractivity contribution in [2.45, 2.75) is 19.9 Å². The fourth-order valence-corrected chi connectivity index (χ4v) is 4.21. The van der Waals surface area contributed by atoms with Gasteiger partial charge < -0.3 is 20.3 Å². The van der Waals surface area contributed by atoms with Gasteiger partial charge in [0.25, 0.3) is 5.56 Å². The summed E-state index contributed by atoms with van der Waals surface area (Å²) in [4.78, 5) is 36.9. The molecule has 0 saturated heterocycles. The molecule has 9 heteroatoms. The van der Waals surface area contributed by atoms with Crippen molar-refractivity contribution in [2.24, 2.45) is 0 Å². The van der Waals surface area contributed by atoms with Crippen LogP contribution in [0.4, 0.5) is 16.2 Å². The molecule has 3 aromatic carbocycles. The molecule has 0 aliphatic carbocycles. The van der Waals surface area contributed by atoms with E-state index in [0.717, 1.165) is 12.5 Å². The molecule has 0 saturated carbocycles. The third-order valence-corrected chi connectivity index (χ3v) is 5.85. The van der Waals surface area contributed by atoms with Crippen molar-refractivity contribution < 1.29 is 14.7 Å². The minimum absolute atomic E-state index is 0.316. The molecule has 0 aliphatic heterocycles. The van der Waals surface area contributed by atoms with E-state index in [1.54, 1.807) is 54.6 Å². The molecule has 4 rings (SSSR count). The van der Waals surface area contributed by atoms with Crippen molar-refractivity contribution in [2.75, 3.05) is 10.6 Å². The highest BCUT2D eigenvalue weighted by molar-refractivity contribution is 7.71. The summed E-state index contributed by atoms with van der Waals surface area (Å²) in [6, 6.07) is 20.7. The number of para-hydroxylation sites is 1. The molecular formula is C27H24N4O4S. The number of aryl methyl sites for hydroxylation is 1. The second kappa shape index (κ2) is 10.8. The molecule has 1 aromatic heterocycles. The Morgan fingerprint density at radius 2 is 1.67 bits per heavy atom. The lowest BCUT2D eigenvalue weighted by Gasteiger charge is -2.17. The average molecular weight is 501 g/mol. The SMILES string of the molecule is CCCn1c(=S)n(-c2ccc(/C=C/C(=O)O)cc2)c(=O)c2cc(NC(=O)Nc3ccccc3)ccc21. The van der Waals surface area contributed by atoms with Gasteiger partial charge >= 0.3 is 12.0 Å². The van der Waals surface area contributed by atoms with Crippen LogP contribution in [0.1, 0.15) is 18.9 Å². The molecule has 0 spiro atoms. The minimum Gasteiger partial charge on any atom is -0.478 e. The van der Waals surface area contributed by atoms with Crippen LogP contribution in [0.3, 0.4) is 0 Å². The monoisotopic (exact) mass is 500 g/mol. The molecule has 3 N–H and O–H groups in total. The summed E-state index contributed by atoms with van der Waals surface area (Å²) in [6.07, 6.45) is 3.33. The lowest BCUT2D eigenvalue weighted by molar-refractivity contribution is -0.131. The number of carbonyl (C=O) groups is 2. The number of aromatic nitrogens is 2. The van der Waals surface area contributed by atoms with Gasteiger partial charge in [0.2, 0.25) is 0 Å². The summed E-state index contributed by atoms with van der Waals surface area (Å²) in [5, 5.41) is 14.8. The van der Waals surface area contributed by atoms with Crippen molar-refractivity contribution in [3.63, 3.8) is 0 Å². The second-order valence-electron chi connectivity index (χ2n) is 8.01. The van der Waals surface area contributed by atoms with Crippen LogP contribution in [0.25, 0.3) is 22.7 Å². The molecule has 182 valence electrons. The standard InChI is InChI=1S/C27H24N4O4S/c1-2-16-30-23-14-11-20(29-26(35)28-19-6-4-3-5-7-19)17-22(23)25(34)31(27(30)36)21-12-8-18(9-13-21)10-15-24(32)33/h3-15,17H,2,16H2,1H3,(H,32,33)(H2,28,29,35)/b15-10+. The number of rotatable bonds is 7. The van der Waals surface area contributed by atoms with Crippen molar-refractivity contribution in [1.82, 2.24) is 9.13 Å². The van der Waals surface area contributed by atoms with Gasteiger partial charge in [-0.3, -0.25) is 9.36 Å². The minimum atomic E-state index is -1.04. The van der Waals surface area contributed by atoms with Crippen molar-refractivity contribution in [3.8, 4) is 5.69 Å². The Hall–Kier alpha value is -4.50. The second-order valence-corrected chi connectivity index (χ2v) is 8.38. The smallest absolute Gasteiger partial charge is 0.328 e. The van der Waals surface area contributed by atoms with Gasteiger partial charge in [0, 0.05) is 24.0 Å². The van der Waals surface area contributed by atoms with Gasteiger partial charge in [-0.2, -0.15) is 0 Å². The molecule has 4 aromatic rings. The highest BCUT2D eigenvalue weighted by Crippen LogP contribution is 2.20. The van der Waals surface area contributed by atoms with E-state index in [9.17, 15) is 14.4 Å². The molecule has 36 heavy (non-hydrogen) atoms. The maximum atomic E-state index is 13.6.